The number of hydrogen-bond donors (Lipinski definition) is 0. The Kier molecular flexibility index (Phi) is 4.12. The summed E-state index contributed by atoms with van der Waals surface area (Å²) in [4.78, 5) is 23.8. The molecular weight excluding hydrogens is 312 g/mol. The number of rotatable bonds is 1. The van der Waals surface area contributed by atoms with Gasteiger partial charge in [-0.3, -0.25) is 9.59 Å². The highest BCUT2D eigenvalue weighted by molar-refractivity contribution is 5.86. The van der Waals surface area contributed by atoms with Crippen LogP contribution in [0.1, 0.15) is 72.1 Å². The summed E-state index contributed by atoms with van der Waals surface area (Å²) in [6, 6.07) is 0. The molecule has 25 heavy (non-hydrogen) atoms. The van der Waals surface area contributed by atoms with Gasteiger partial charge < -0.3 is 4.74 Å². The maximum Gasteiger partial charge on any atom is 0.317 e. The molecule has 0 amide bonds. The van der Waals surface area contributed by atoms with Gasteiger partial charge in [0.2, 0.25) is 0 Å². The summed E-state index contributed by atoms with van der Waals surface area (Å²) < 4.78 is 5.00. The molecule has 0 N–H and O–H groups in total. The maximum atomic E-state index is 12.5. The van der Waals surface area contributed by atoms with E-state index in [9.17, 15) is 9.59 Å². The van der Waals surface area contributed by atoms with Crippen molar-refractivity contribution in [1.29, 1.82) is 0 Å². The third kappa shape index (κ3) is 2.52. The van der Waals surface area contributed by atoms with Gasteiger partial charge in [0.1, 0.15) is 0 Å². The number of hydrogen-bond acceptors (Lipinski definition) is 3. The zero-order chi connectivity index (χ0) is 17.8. The fraction of sp³-hybridized carbons (Fsp3) is 0.818. The van der Waals surface area contributed by atoms with Crippen molar-refractivity contribution in [2.75, 3.05) is 0 Å². The number of carbonyl (C=O) groups excluding carboxylic acids is 2. The monoisotopic (exact) mass is 344 g/mol. The van der Waals surface area contributed by atoms with Gasteiger partial charge in [0.25, 0.3) is 0 Å². The molecule has 4 rings (SSSR count). The van der Waals surface area contributed by atoms with Gasteiger partial charge >= 0.3 is 11.9 Å². The molecule has 0 bridgehead atoms. The van der Waals surface area contributed by atoms with E-state index in [1.54, 1.807) is 0 Å². The van der Waals surface area contributed by atoms with Gasteiger partial charge in [-0.2, -0.15) is 0 Å². The molecule has 3 heteroatoms. The number of ether oxygens (including phenoxy) is 1. The van der Waals surface area contributed by atoms with E-state index in [1.807, 2.05) is 0 Å². The van der Waals surface area contributed by atoms with Crippen molar-refractivity contribution in [2.24, 2.45) is 40.4 Å². The van der Waals surface area contributed by atoms with Crippen LogP contribution in [0.25, 0.3) is 0 Å². The van der Waals surface area contributed by atoms with Gasteiger partial charge in [-0.15, -0.1) is 0 Å². The second-order valence-corrected chi connectivity index (χ2v) is 9.62. The Morgan fingerprint density at radius 2 is 1.72 bits per heavy atom. The predicted octanol–water partition coefficient (Wildman–Crippen LogP) is 4.90. The van der Waals surface area contributed by atoms with Crippen LogP contribution in [-0.2, 0) is 14.3 Å². The van der Waals surface area contributed by atoms with Crippen LogP contribution in [0, 0.1) is 40.4 Å². The van der Waals surface area contributed by atoms with Crippen molar-refractivity contribution in [2.45, 2.75) is 72.1 Å². The summed E-state index contributed by atoms with van der Waals surface area (Å²) in [6.45, 7) is 6.18. The third-order valence-corrected chi connectivity index (χ3v) is 8.69. The molecule has 4 aliphatic carbocycles. The fourth-order valence-electron chi connectivity index (χ4n) is 7.43. The number of fused-ring (bicyclic) bond motifs is 5. The molecule has 0 saturated heterocycles. The van der Waals surface area contributed by atoms with Crippen molar-refractivity contribution >= 4 is 11.9 Å². The van der Waals surface area contributed by atoms with E-state index in [4.69, 9.17) is 4.74 Å². The SMILES string of the molecule is CC(=O)OC(=O)[C@H]1CC[C@H]2[C@@H]3CC[C@H]4C=CCC[C@]4(C)[C@H]3CC[C@]12C. The van der Waals surface area contributed by atoms with Crippen molar-refractivity contribution < 1.29 is 14.3 Å². The van der Waals surface area contributed by atoms with Crippen LogP contribution in [0.5, 0.6) is 0 Å². The molecule has 3 saturated carbocycles. The molecule has 0 spiro atoms. The molecular formula is C22H32O3. The lowest BCUT2D eigenvalue weighted by Crippen LogP contribution is -2.52. The van der Waals surface area contributed by atoms with E-state index < -0.39 is 5.97 Å². The second kappa shape index (κ2) is 5.96. The Labute approximate surface area is 151 Å². The minimum atomic E-state index is -0.465. The van der Waals surface area contributed by atoms with Crippen molar-refractivity contribution in [3.05, 3.63) is 12.2 Å². The molecule has 3 fully saturated rings. The summed E-state index contributed by atoms with van der Waals surface area (Å²) in [5.41, 5.74) is 0.485. The first kappa shape index (κ1) is 17.3. The normalized spacial score (nSPS) is 48.2. The lowest BCUT2D eigenvalue weighted by atomic mass is 9.45. The molecule has 0 unspecified atom stereocenters. The first-order valence-electron chi connectivity index (χ1n) is 10.2. The van der Waals surface area contributed by atoms with Gasteiger partial charge in [-0.25, -0.2) is 0 Å². The van der Waals surface area contributed by atoms with E-state index in [0.717, 1.165) is 37.0 Å². The second-order valence-electron chi connectivity index (χ2n) is 9.62. The van der Waals surface area contributed by atoms with Crippen LogP contribution in [0.3, 0.4) is 0 Å². The summed E-state index contributed by atoms with van der Waals surface area (Å²) in [6.07, 6.45) is 14.4. The number of carbonyl (C=O) groups is 2. The van der Waals surface area contributed by atoms with E-state index >= 15 is 0 Å². The van der Waals surface area contributed by atoms with Crippen molar-refractivity contribution in [3.63, 3.8) is 0 Å². The van der Waals surface area contributed by atoms with Crippen LogP contribution in [0.15, 0.2) is 12.2 Å². The molecule has 138 valence electrons. The lowest BCUT2D eigenvalue weighted by molar-refractivity contribution is -0.166. The Bertz CT molecular complexity index is 608. The zero-order valence-electron chi connectivity index (χ0n) is 15.9. The molecule has 7 atom stereocenters. The quantitative estimate of drug-likeness (QED) is 0.386. The summed E-state index contributed by atoms with van der Waals surface area (Å²) in [7, 11) is 0. The van der Waals surface area contributed by atoms with Gasteiger partial charge in [0, 0.05) is 6.92 Å². The van der Waals surface area contributed by atoms with Gasteiger partial charge in [-0.05, 0) is 85.9 Å². The van der Waals surface area contributed by atoms with Crippen LogP contribution in [0.4, 0.5) is 0 Å². The molecule has 0 aromatic heterocycles. The Hall–Kier alpha value is -1.12. The molecule has 0 aromatic carbocycles. The zero-order valence-corrected chi connectivity index (χ0v) is 15.9. The largest absolute Gasteiger partial charge is 0.393 e. The van der Waals surface area contributed by atoms with E-state index in [1.165, 1.54) is 39.0 Å². The Balaban J connectivity index is 1.58. The number of esters is 2. The van der Waals surface area contributed by atoms with Gasteiger partial charge in [0.15, 0.2) is 0 Å². The number of allylic oxidation sites excluding steroid dienone is 2. The smallest absolute Gasteiger partial charge is 0.317 e. The average Bonchev–Trinajstić information content (AvgIpc) is 2.91. The van der Waals surface area contributed by atoms with E-state index in [-0.39, 0.29) is 17.3 Å². The lowest BCUT2D eigenvalue weighted by Gasteiger charge is -2.59. The Morgan fingerprint density at radius 3 is 2.48 bits per heavy atom. The molecule has 0 aromatic rings. The summed E-state index contributed by atoms with van der Waals surface area (Å²) in [5, 5.41) is 0. The molecule has 3 nitrogen and oxygen atoms in total. The highest BCUT2D eigenvalue weighted by Gasteiger charge is 2.60. The molecule has 0 heterocycles. The summed E-state index contributed by atoms with van der Waals surface area (Å²) >= 11 is 0. The van der Waals surface area contributed by atoms with Crippen LogP contribution >= 0.6 is 0 Å². The Morgan fingerprint density at radius 1 is 0.960 bits per heavy atom. The van der Waals surface area contributed by atoms with Crippen LogP contribution < -0.4 is 0 Å². The fourth-order valence-corrected chi connectivity index (χ4v) is 7.43. The molecule has 4 aliphatic rings. The minimum absolute atomic E-state index is 0.0292. The van der Waals surface area contributed by atoms with E-state index in [0.29, 0.717) is 11.3 Å². The van der Waals surface area contributed by atoms with Crippen molar-refractivity contribution in [3.8, 4) is 0 Å². The summed E-state index contributed by atoms with van der Waals surface area (Å²) in [5.74, 6) is 2.12. The molecule has 0 aliphatic heterocycles. The standard InChI is InChI=1S/C22H32O3/c1-14(23)25-20(24)19-10-9-17-16-8-7-15-6-4-5-12-21(15,2)18(16)11-13-22(17,19)3/h4,6,15-19H,5,7-13H2,1-3H3/t15-,16+,17+,18+,19-,21+,22+/m1/s1. The van der Waals surface area contributed by atoms with Gasteiger partial charge in [0.05, 0.1) is 5.92 Å². The average molecular weight is 344 g/mol. The predicted molar refractivity (Wildman–Crippen MR) is 96.5 cm³/mol. The first-order chi connectivity index (χ1) is 11.9. The maximum absolute atomic E-state index is 12.5. The van der Waals surface area contributed by atoms with Crippen LogP contribution in [0.2, 0.25) is 0 Å². The van der Waals surface area contributed by atoms with Gasteiger partial charge in [-0.1, -0.05) is 26.0 Å². The molecule has 0 radical (unpaired) electrons. The third-order valence-electron chi connectivity index (χ3n) is 8.69. The highest BCUT2D eigenvalue weighted by Crippen LogP contribution is 2.66. The highest BCUT2D eigenvalue weighted by atomic mass is 16.6. The van der Waals surface area contributed by atoms with Crippen molar-refractivity contribution in [1.82, 2.24) is 0 Å². The minimum Gasteiger partial charge on any atom is -0.393 e. The first-order valence-corrected chi connectivity index (χ1v) is 10.2. The van der Waals surface area contributed by atoms with Crippen LogP contribution in [-0.4, -0.2) is 11.9 Å². The van der Waals surface area contributed by atoms with E-state index in [2.05, 4.69) is 26.0 Å². The topological polar surface area (TPSA) is 43.4 Å².